The summed E-state index contributed by atoms with van der Waals surface area (Å²) in [5.41, 5.74) is -0.574. The molecule has 7 nitrogen and oxygen atoms in total. The summed E-state index contributed by atoms with van der Waals surface area (Å²) in [5.74, 6) is -3.35. The van der Waals surface area contributed by atoms with E-state index in [4.69, 9.17) is 10.2 Å². The van der Waals surface area contributed by atoms with E-state index in [2.05, 4.69) is 9.68 Å². The molecule has 1 aromatic rings. The Kier molecular flexibility index (Phi) is 4.48. The van der Waals surface area contributed by atoms with E-state index in [1.165, 1.54) is 0 Å². The molecule has 0 radical (unpaired) electrons. The first-order chi connectivity index (χ1) is 8.74. The molecule has 0 bridgehead atoms. The highest BCUT2D eigenvalue weighted by molar-refractivity contribution is 5.94. The highest BCUT2D eigenvalue weighted by Gasteiger charge is 2.34. The molecule has 0 spiro atoms. The quantitative estimate of drug-likeness (QED) is 0.808. The van der Waals surface area contributed by atoms with Crippen LogP contribution in [-0.2, 0) is 0 Å². The lowest BCUT2D eigenvalue weighted by Gasteiger charge is -2.21. The van der Waals surface area contributed by atoms with Crippen molar-refractivity contribution in [1.82, 2.24) is 10.1 Å². The summed E-state index contributed by atoms with van der Waals surface area (Å²) in [6.07, 6.45) is -4.65. The lowest BCUT2D eigenvalue weighted by Crippen LogP contribution is -2.40. The van der Waals surface area contributed by atoms with E-state index in [0.717, 1.165) is 0 Å². The number of rotatable bonds is 5. The topological polar surface area (TPSA) is 104 Å². The zero-order valence-electron chi connectivity index (χ0n) is 9.35. The molecule has 0 fully saturated rings. The Morgan fingerprint density at radius 1 is 1.42 bits per heavy atom. The van der Waals surface area contributed by atoms with Crippen LogP contribution in [0.25, 0.3) is 0 Å². The Hall–Kier alpha value is -2.10. The van der Waals surface area contributed by atoms with Gasteiger partial charge in [0.25, 0.3) is 5.91 Å². The minimum atomic E-state index is -4.65. The molecule has 0 atom stereocenters. The lowest BCUT2D eigenvalue weighted by atomic mass is 10.3. The second kappa shape index (κ2) is 5.69. The van der Waals surface area contributed by atoms with Crippen LogP contribution in [0.1, 0.15) is 21.0 Å². The van der Waals surface area contributed by atoms with Crippen molar-refractivity contribution in [2.75, 3.05) is 19.7 Å². The number of halogens is 3. The van der Waals surface area contributed by atoms with Gasteiger partial charge in [-0.2, -0.15) is 13.2 Å². The molecule has 1 rings (SSSR count). The predicted molar refractivity (Wildman–Crippen MR) is 52.5 cm³/mol. The van der Waals surface area contributed by atoms with Crippen molar-refractivity contribution in [2.24, 2.45) is 0 Å². The Labute approximate surface area is 104 Å². The Morgan fingerprint density at radius 2 is 2.05 bits per heavy atom. The number of nitrogens with zero attached hydrogens (tertiary/aromatic N) is 2. The van der Waals surface area contributed by atoms with Gasteiger partial charge >= 0.3 is 12.1 Å². The van der Waals surface area contributed by atoms with E-state index in [9.17, 15) is 22.8 Å². The number of aliphatic hydroxyl groups excluding tert-OH is 1. The normalized spacial score (nSPS) is 11.4. The highest BCUT2D eigenvalue weighted by atomic mass is 19.4. The molecule has 0 saturated carbocycles. The molecule has 0 saturated heterocycles. The molecule has 0 aliphatic carbocycles. The van der Waals surface area contributed by atoms with Crippen molar-refractivity contribution in [2.45, 2.75) is 6.18 Å². The summed E-state index contributed by atoms with van der Waals surface area (Å²) >= 11 is 0. The number of carbonyl (C=O) groups is 2. The third kappa shape index (κ3) is 4.25. The van der Waals surface area contributed by atoms with Gasteiger partial charge in [0, 0.05) is 12.6 Å². The smallest absolute Gasteiger partial charge is 0.406 e. The van der Waals surface area contributed by atoms with Crippen LogP contribution < -0.4 is 0 Å². The molecular formula is C9H9F3N2O5. The minimum Gasteiger partial charge on any atom is -0.475 e. The fourth-order valence-electron chi connectivity index (χ4n) is 1.23. The number of aromatic carboxylic acids is 1. The van der Waals surface area contributed by atoms with Crippen molar-refractivity contribution in [3.63, 3.8) is 0 Å². The summed E-state index contributed by atoms with van der Waals surface area (Å²) in [6, 6.07) is 0.714. The van der Waals surface area contributed by atoms with Gasteiger partial charge in [0.1, 0.15) is 6.54 Å². The molecule has 19 heavy (non-hydrogen) atoms. The van der Waals surface area contributed by atoms with Gasteiger partial charge in [-0.25, -0.2) is 4.79 Å². The molecule has 0 aliphatic rings. The van der Waals surface area contributed by atoms with E-state index in [0.29, 0.717) is 11.0 Å². The maximum atomic E-state index is 12.2. The Morgan fingerprint density at radius 3 is 2.47 bits per heavy atom. The summed E-state index contributed by atoms with van der Waals surface area (Å²) in [4.78, 5) is 22.4. The third-order valence-corrected chi connectivity index (χ3v) is 1.97. The Balaban J connectivity index is 2.89. The number of aromatic nitrogens is 1. The van der Waals surface area contributed by atoms with Crippen LogP contribution in [0, 0.1) is 0 Å². The molecule has 0 aromatic carbocycles. The van der Waals surface area contributed by atoms with Gasteiger partial charge in [-0.15, -0.1) is 0 Å². The van der Waals surface area contributed by atoms with Gasteiger partial charge in [0.2, 0.25) is 5.76 Å². The van der Waals surface area contributed by atoms with E-state index in [1.54, 1.807) is 0 Å². The summed E-state index contributed by atoms with van der Waals surface area (Å²) < 4.78 is 40.9. The number of carboxylic acids is 1. The summed E-state index contributed by atoms with van der Waals surface area (Å²) in [6.45, 7) is -2.82. The molecule has 106 valence electrons. The standard InChI is InChI=1S/C9H9F3N2O5/c10-9(11,12)4-14(1-2-15)7(16)5-3-6(8(17)18)19-13-5/h3,15H,1-2,4H2,(H,17,18). The Bertz CT molecular complexity index is 471. The van der Waals surface area contributed by atoms with Crippen LogP contribution in [0.2, 0.25) is 0 Å². The number of amides is 1. The van der Waals surface area contributed by atoms with Gasteiger partial charge in [-0.05, 0) is 0 Å². The van der Waals surface area contributed by atoms with E-state index < -0.39 is 49.2 Å². The van der Waals surface area contributed by atoms with Gasteiger partial charge in [-0.1, -0.05) is 5.16 Å². The number of hydrogen-bond acceptors (Lipinski definition) is 5. The van der Waals surface area contributed by atoms with Crippen LogP contribution in [-0.4, -0.2) is 58.0 Å². The molecular weight excluding hydrogens is 273 g/mol. The van der Waals surface area contributed by atoms with Crippen molar-refractivity contribution in [3.8, 4) is 0 Å². The van der Waals surface area contributed by atoms with Crippen molar-refractivity contribution >= 4 is 11.9 Å². The average Bonchev–Trinajstić information content (AvgIpc) is 2.75. The largest absolute Gasteiger partial charge is 0.475 e. The van der Waals surface area contributed by atoms with Crippen molar-refractivity contribution in [3.05, 3.63) is 17.5 Å². The summed E-state index contributed by atoms with van der Waals surface area (Å²) in [5, 5.41) is 20.2. The third-order valence-electron chi connectivity index (χ3n) is 1.97. The van der Waals surface area contributed by atoms with Crippen molar-refractivity contribution < 1.29 is 37.5 Å². The first-order valence-corrected chi connectivity index (χ1v) is 4.91. The summed E-state index contributed by atoms with van der Waals surface area (Å²) in [7, 11) is 0. The zero-order valence-corrected chi connectivity index (χ0v) is 9.35. The highest BCUT2D eigenvalue weighted by Crippen LogP contribution is 2.18. The average molecular weight is 282 g/mol. The molecule has 1 aromatic heterocycles. The van der Waals surface area contributed by atoms with Crippen LogP contribution >= 0.6 is 0 Å². The monoisotopic (exact) mass is 282 g/mol. The number of carbonyl (C=O) groups excluding carboxylic acids is 1. The van der Waals surface area contributed by atoms with Crippen LogP contribution in [0.15, 0.2) is 10.6 Å². The van der Waals surface area contributed by atoms with Crippen LogP contribution in [0.5, 0.6) is 0 Å². The molecule has 0 aliphatic heterocycles. The molecule has 0 unspecified atom stereocenters. The fourth-order valence-corrected chi connectivity index (χ4v) is 1.23. The first kappa shape index (κ1) is 15.0. The van der Waals surface area contributed by atoms with Gasteiger partial charge < -0.3 is 19.6 Å². The molecule has 2 N–H and O–H groups in total. The van der Waals surface area contributed by atoms with Gasteiger partial charge in [-0.3, -0.25) is 4.79 Å². The molecule has 1 amide bonds. The molecule has 10 heteroatoms. The van der Waals surface area contributed by atoms with E-state index >= 15 is 0 Å². The number of alkyl halides is 3. The molecule has 1 heterocycles. The first-order valence-electron chi connectivity index (χ1n) is 4.91. The zero-order chi connectivity index (χ0) is 14.6. The SMILES string of the molecule is O=C(O)c1cc(C(=O)N(CCO)CC(F)(F)F)no1. The van der Waals surface area contributed by atoms with Crippen LogP contribution in [0.3, 0.4) is 0 Å². The van der Waals surface area contributed by atoms with Gasteiger partial charge in [0.05, 0.1) is 6.61 Å². The van der Waals surface area contributed by atoms with E-state index in [-0.39, 0.29) is 0 Å². The second-order valence-electron chi connectivity index (χ2n) is 3.45. The number of hydrogen-bond donors (Lipinski definition) is 2. The van der Waals surface area contributed by atoms with Gasteiger partial charge in [0.15, 0.2) is 5.69 Å². The van der Waals surface area contributed by atoms with Crippen LogP contribution in [0.4, 0.5) is 13.2 Å². The second-order valence-corrected chi connectivity index (χ2v) is 3.45. The minimum absolute atomic E-state index is 0.295. The van der Waals surface area contributed by atoms with Crippen molar-refractivity contribution in [1.29, 1.82) is 0 Å². The predicted octanol–water partition coefficient (Wildman–Crippen LogP) is 0.370. The maximum absolute atomic E-state index is 12.2. The lowest BCUT2D eigenvalue weighted by molar-refractivity contribution is -0.141. The van der Waals surface area contributed by atoms with E-state index in [1.807, 2.05) is 0 Å². The maximum Gasteiger partial charge on any atom is 0.406 e. The fraction of sp³-hybridized carbons (Fsp3) is 0.444. The number of aliphatic hydroxyl groups is 1. The number of carboxylic acid groups (broad SMARTS) is 1.